The fourth-order valence-corrected chi connectivity index (χ4v) is 4.24. The number of carbonyl (C=O) groups is 2. The number of likely N-dealkylation sites (tertiary alicyclic amines) is 1. The number of amides is 1. The maximum Gasteiger partial charge on any atom is 0.258 e. The van der Waals surface area contributed by atoms with Crippen LogP contribution in [0.4, 0.5) is 0 Å². The van der Waals surface area contributed by atoms with Crippen LogP contribution < -0.4 is 5.56 Å². The highest BCUT2D eigenvalue weighted by atomic mass is 16.3. The van der Waals surface area contributed by atoms with Gasteiger partial charge in [0.1, 0.15) is 17.3 Å². The molecule has 7 heteroatoms. The van der Waals surface area contributed by atoms with Gasteiger partial charge in [-0.25, -0.2) is 4.98 Å². The Morgan fingerprint density at radius 2 is 2.07 bits per heavy atom. The molecule has 27 heavy (non-hydrogen) atoms. The number of carbonyl (C=O) groups excluding carboxylic acids is 2. The lowest BCUT2D eigenvalue weighted by Gasteiger charge is -2.32. The number of hydrogen-bond acceptors (Lipinski definition) is 5. The van der Waals surface area contributed by atoms with Gasteiger partial charge >= 0.3 is 0 Å². The SMILES string of the molecule is Cc1nc(C2CCCN(C(=O)c3c(C)oc4c3C(=O)CCC4)C2)cc(=O)[nH]1. The summed E-state index contributed by atoms with van der Waals surface area (Å²) in [7, 11) is 0. The third kappa shape index (κ3) is 3.22. The van der Waals surface area contributed by atoms with Gasteiger partial charge < -0.3 is 14.3 Å². The number of piperidine rings is 1. The Kier molecular flexibility index (Phi) is 4.45. The van der Waals surface area contributed by atoms with E-state index >= 15 is 0 Å². The summed E-state index contributed by atoms with van der Waals surface area (Å²) in [6.45, 7) is 4.62. The average Bonchev–Trinajstić information content (AvgIpc) is 2.97. The summed E-state index contributed by atoms with van der Waals surface area (Å²) in [5, 5.41) is 0. The molecule has 1 saturated heterocycles. The number of H-pyrrole nitrogens is 1. The minimum Gasteiger partial charge on any atom is -0.465 e. The Bertz CT molecular complexity index is 972. The molecule has 0 radical (unpaired) electrons. The number of aromatic amines is 1. The Morgan fingerprint density at radius 3 is 2.85 bits per heavy atom. The van der Waals surface area contributed by atoms with E-state index < -0.39 is 0 Å². The van der Waals surface area contributed by atoms with Crippen LogP contribution in [-0.4, -0.2) is 39.6 Å². The third-order valence-corrected chi connectivity index (χ3v) is 5.46. The van der Waals surface area contributed by atoms with Crippen molar-refractivity contribution in [3.8, 4) is 0 Å². The van der Waals surface area contributed by atoms with Crippen molar-refractivity contribution >= 4 is 11.7 Å². The van der Waals surface area contributed by atoms with Gasteiger partial charge in [-0.3, -0.25) is 14.4 Å². The summed E-state index contributed by atoms with van der Waals surface area (Å²) in [5.74, 6) is 1.60. The lowest BCUT2D eigenvalue weighted by atomic mass is 9.91. The van der Waals surface area contributed by atoms with E-state index in [0.717, 1.165) is 25.0 Å². The van der Waals surface area contributed by atoms with E-state index in [4.69, 9.17) is 4.42 Å². The van der Waals surface area contributed by atoms with Crippen LogP contribution in [0.25, 0.3) is 0 Å². The number of furan rings is 1. The van der Waals surface area contributed by atoms with Gasteiger partial charge in [-0.15, -0.1) is 0 Å². The van der Waals surface area contributed by atoms with Gasteiger partial charge in [0, 0.05) is 37.9 Å². The number of rotatable bonds is 2. The van der Waals surface area contributed by atoms with Gasteiger partial charge in [-0.2, -0.15) is 0 Å². The van der Waals surface area contributed by atoms with Crippen LogP contribution in [0.3, 0.4) is 0 Å². The number of aryl methyl sites for hydroxylation is 3. The van der Waals surface area contributed by atoms with Crippen molar-refractivity contribution in [1.29, 1.82) is 0 Å². The van der Waals surface area contributed by atoms with Crippen molar-refractivity contribution in [2.75, 3.05) is 13.1 Å². The maximum absolute atomic E-state index is 13.2. The summed E-state index contributed by atoms with van der Waals surface area (Å²) in [6, 6.07) is 1.51. The van der Waals surface area contributed by atoms with Crippen LogP contribution in [-0.2, 0) is 6.42 Å². The van der Waals surface area contributed by atoms with Crippen molar-refractivity contribution < 1.29 is 14.0 Å². The Labute approximate surface area is 156 Å². The van der Waals surface area contributed by atoms with E-state index in [-0.39, 0.29) is 23.2 Å². The first kappa shape index (κ1) is 17.7. The van der Waals surface area contributed by atoms with Gasteiger partial charge in [-0.1, -0.05) is 0 Å². The predicted octanol–water partition coefficient (Wildman–Crippen LogP) is 2.52. The van der Waals surface area contributed by atoms with Crippen LogP contribution >= 0.6 is 0 Å². The van der Waals surface area contributed by atoms with Crippen LogP contribution in [0, 0.1) is 13.8 Å². The summed E-state index contributed by atoms with van der Waals surface area (Å²) in [6.07, 6.45) is 3.64. The first-order chi connectivity index (χ1) is 12.9. The number of hydrogen-bond donors (Lipinski definition) is 1. The molecule has 2 aromatic heterocycles. The zero-order chi connectivity index (χ0) is 19.1. The number of fused-ring (bicyclic) bond motifs is 1. The van der Waals surface area contributed by atoms with Crippen LogP contribution in [0.2, 0.25) is 0 Å². The molecule has 1 amide bonds. The summed E-state index contributed by atoms with van der Waals surface area (Å²) in [5.41, 5.74) is 1.45. The van der Waals surface area contributed by atoms with Crippen molar-refractivity contribution in [3.63, 3.8) is 0 Å². The van der Waals surface area contributed by atoms with E-state index in [1.54, 1.807) is 18.7 Å². The molecule has 1 unspecified atom stereocenters. The van der Waals surface area contributed by atoms with Gasteiger partial charge in [0.15, 0.2) is 5.78 Å². The van der Waals surface area contributed by atoms with Gasteiger partial charge in [-0.05, 0) is 33.1 Å². The standard InChI is InChI=1S/C20H23N3O4/c1-11-18(19-15(24)6-3-7-16(19)27-11)20(26)23-8-4-5-13(10-23)14-9-17(25)22-12(2)21-14/h9,13H,3-8,10H2,1-2H3,(H,21,22,25). The zero-order valence-electron chi connectivity index (χ0n) is 15.6. The highest BCUT2D eigenvalue weighted by Gasteiger charge is 2.34. The Hall–Kier alpha value is -2.70. The molecular weight excluding hydrogens is 346 g/mol. The zero-order valence-corrected chi connectivity index (χ0v) is 15.6. The minimum atomic E-state index is -0.175. The summed E-state index contributed by atoms with van der Waals surface area (Å²) >= 11 is 0. The van der Waals surface area contributed by atoms with Crippen LogP contribution in [0.15, 0.2) is 15.3 Å². The normalized spacial score (nSPS) is 19.9. The fourth-order valence-electron chi connectivity index (χ4n) is 4.24. The topological polar surface area (TPSA) is 96.3 Å². The molecule has 0 saturated carbocycles. The number of ketones is 1. The lowest BCUT2D eigenvalue weighted by Crippen LogP contribution is -2.40. The summed E-state index contributed by atoms with van der Waals surface area (Å²) in [4.78, 5) is 46.3. The van der Waals surface area contributed by atoms with Crippen LogP contribution in [0.1, 0.15) is 75.4 Å². The Balaban J connectivity index is 1.62. The number of nitrogens with zero attached hydrogens (tertiary/aromatic N) is 2. The van der Waals surface area contributed by atoms with Crippen molar-refractivity contribution in [2.24, 2.45) is 0 Å². The van der Waals surface area contributed by atoms with E-state index in [2.05, 4.69) is 9.97 Å². The van der Waals surface area contributed by atoms with Crippen molar-refractivity contribution in [1.82, 2.24) is 14.9 Å². The molecule has 7 nitrogen and oxygen atoms in total. The average molecular weight is 369 g/mol. The molecule has 2 aromatic rings. The monoisotopic (exact) mass is 369 g/mol. The molecule has 1 aliphatic heterocycles. The molecule has 0 bridgehead atoms. The second kappa shape index (κ2) is 6.79. The molecule has 142 valence electrons. The summed E-state index contributed by atoms with van der Waals surface area (Å²) < 4.78 is 5.74. The fraction of sp³-hybridized carbons (Fsp3) is 0.500. The van der Waals surface area contributed by atoms with E-state index in [9.17, 15) is 14.4 Å². The van der Waals surface area contributed by atoms with E-state index in [0.29, 0.717) is 54.4 Å². The predicted molar refractivity (Wildman–Crippen MR) is 98.2 cm³/mol. The second-order valence-electron chi connectivity index (χ2n) is 7.45. The highest BCUT2D eigenvalue weighted by Crippen LogP contribution is 2.32. The molecule has 1 fully saturated rings. The molecule has 1 N–H and O–H groups in total. The molecular formula is C20H23N3O4. The smallest absolute Gasteiger partial charge is 0.258 e. The molecule has 3 heterocycles. The van der Waals surface area contributed by atoms with E-state index in [1.165, 1.54) is 6.07 Å². The van der Waals surface area contributed by atoms with Gasteiger partial charge in [0.2, 0.25) is 0 Å². The quantitative estimate of drug-likeness (QED) is 0.877. The molecule has 2 aliphatic rings. The molecule has 1 atom stereocenters. The van der Waals surface area contributed by atoms with Crippen LogP contribution in [0.5, 0.6) is 0 Å². The minimum absolute atomic E-state index is 0.00288. The number of nitrogens with one attached hydrogen (secondary N) is 1. The Morgan fingerprint density at radius 1 is 1.26 bits per heavy atom. The number of Topliss-reactive ketones (excluding diaryl/α,β-unsaturated/α-hetero) is 1. The molecule has 4 rings (SSSR count). The van der Waals surface area contributed by atoms with Crippen molar-refractivity contribution in [3.05, 3.63) is 50.6 Å². The first-order valence-electron chi connectivity index (χ1n) is 9.46. The largest absolute Gasteiger partial charge is 0.465 e. The molecule has 1 aliphatic carbocycles. The highest BCUT2D eigenvalue weighted by molar-refractivity contribution is 6.10. The maximum atomic E-state index is 13.2. The van der Waals surface area contributed by atoms with Gasteiger partial charge in [0.25, 0.3) is 11.5 Å². The number of aromatic nitrogens is 2. The van der Waals surface area contributed by atoms with Crippen molar-refractivity contribution in [2.45, 2.75) is 51.9 Å². The third-order valence-electron chi connectivity index (χ3n) is 5.46. The second-order valence-corrected chi connectivity index (χ2v) is 7.45. The lowest BCUT2D eigenvalue weighted by molar-refractivity contribution is 0.0699. The molecule has 0 spiro atoms. The van der Waals surface area contributed by atoms with E-state index in [1.807, 2.05) is 0 Å². The first-order valence-corrected chi connectivity index (χ1v) is 9.46. The molecule has 0 aromatic carbocycles. The van der Waals surface area contributed by atoms with Gasteiger partial charge in [0.05, 0.1) is 16.8 Å².